The molecular weight excluding hydrogens is 280 g/mol. The molecule has 1 rings (SSSR count). The molecule has 6 nitrogen and oxygen atoms in total. The second kappa shape index (κ2) is 11.0. The van der Waals surface area contributed by atoms with E-state index in [2.05, 4.69) is 41.0 Å². The molecule has 0 saturated carbocycles. The Kier molecular flexibility index (Phi) is 10.7. The van der Waals surface area contributed by atoms with Crippen molar-refractivity contribution in [1.29, 1.82) is 0 Å². The van der Waals surface area contributed by atoms with Crippen molar-refractivity contribution in [1.82, 2.24) is 4.90 Å². The zero-order valence-electron chi connectivity index (χ0n) is 12.9. The number of hydrogen-bond donors (Lipinski definition) is 0. The van der Waals surface area contributed by atoms with Crippen LogP contribution in [0.5, 0.6) is 0 Å². The van der Waals surface area contributed by atoms with E-state index in [9.17, 15) is 13.0 Å². The van der Waals surface area contributed by atoms with Gasteiger partial charge in [-0.25, -0.2) is 8.42 Å². The Morgan fingerprint density at radius 3 is 2.25 bits per heavy atom. The van der Waals surface area contributed by atoms with Crippen LogP contribution < -0.4 is 0 Å². The molecule has 0 aromatic carbocycles. The van der Waals surface area contributed by atoms with Gasteiger partial charge in [0, 0.05) is 0 Å². The molecule has 0 amide bonds. The van der Waals surface area contributed by atoms with E-state index in [0.717, 1.165) is 12.8 Å². The summed E-state index contributed by atoms with van der Waals surface area (Å²) in [6.45, 7) is 4.51. The summed E-state index contributed by atoms with van der Waals surface area (Å²) in [6, 6.07) is 0. The largest absolute Gasteiger partial charge is 0.726 e. The molecule has 0 radical (unpaired) electrons. The van der Waals surface area contributed by atoms with Crippen LogP contribution in [-0.2, 0) is 14.6 Å². The molecule has 0 unspecified atom stereocenters. The highest BCUT2D eigenvalue weighted by molar-refractivity contribution is 7.80. The fourth-order valence-corrected chi connectivity index (χ4v) is 2.13. The summed E-state index contributed by atoms with van der Waals surface area (Å²) in [4.78, 5) is 2.18. The summed E-state index contributed by atoms with van der Waals surface area (Å²) in [7, 11) is -0.298. The van der Waals surface area contributed by atoms with Gasteiger partial charge in [0.05, 0.1) is 20.7 Å². The predicted octanol–water partition coefficient (Wildman–Crippen LogP) is 1.43. The molecular formula is C13H28N2O4S. The average Bonchev–Trinajstić information content (AvgIpc) is 2.71. The molecule has 120 valence electrons. The Morgan fingerprint density at radius 1 is 1.25 bits per heavy atom. The van der Waals surface area contributed by atoms with Crippen LogP contribution in [0.4, 0.5) is 0 Å². The summed E-state index contributed by atoms with van der Waals surface area (Å²) in [5.41, 5.74) is 0. The minimum absolute atomic E-state index is 0.0258. The third-order valence-corrected chi connectivity index (χ3v) is 3.38. The predicted molar refractivity (Wildman–Crippen MR) is 78.8 cm³/mol. The van der Waals surface area contributed by atoms with Crippen LogP contribution in [0.2, 0.25) is 0 Å². The molecule has 0 saturated heterocycles. The highest BCUT2D eigenvalue weighted by atomic mass is 32.3. The highest BCUT2D eigenvalue weighted by Gasteiger charge is 2.08. The lowest BCUT2D eigenvalue weighted by Gasteiger charge is -2.06. The summed E-state index contributed by atoms with van der Waals surface area (Å²) < 4.78 is 36.2. The Hall–Kier alpha value is -0.660. The van der Waals surface area contributed by atoms with Gasteiger partial charge in [-0.2, -0.15) is 0 Å². The van der Waals surface area contributed by atoms with Crippen molar-refractivity contribution in [3.63, 3.8) is 0 Å². The van der Waals surface area contributed by atoms with Gasteiger partial charge in [-0.15, -0.1) is 0 Å². The summed E-state index contributed by atoms with van der Waals surface area (Å²) in [6.07, 6.45) is 8.32. The topological polar surface area (TPSA) is 72.7 Å². The van der Waals surface area contributed by atoms with Crippen molar-refractivity contribution in [2.75, 3.05) is 33.8 Å². The van der Waals surface area contributed by atoms with Gasteiger partial charge >= 0.3 is 0 Å². The van der Waals surface area contributed by atoms with Gasteiger partial charge < -0.3 is 4.55 Å². The molecule has 1 aliphatic rings. The minimum Gasteiger partial charge on any atom is -0.726 e. The normalized spacial score (nSPS) is 14.8. The second-order valence-corrected chi connectivity index (χ2v) is 6.13. The minimum atomic E-state index is -4.47. The molecule has 1 aliphatic heterocycles. The third-order valence-electron chi connectivity index (χ3n) is 2.93. The molecule has 0 spiro atoms. The lowest BCUT2D eigenvalue weighted by Crippen LogP contribution is -2.11. The Bertz CT molecular complexity index is 369. The molecule has 0 atom stereocenters. The molecule has 7 heteroatoms. The van der Waals surface area contributed by atoms with Gasteiger partial charge in [0.15, 0.2) is 0 Å². The van der Waals surface area contributed by atoms with Crippen molar-refractivity contribution < 1.29 is 21.7 Å². The third kappa shape index (κ3) is 13.8. The molecule has 0 aromatic heterocycles. The van der Waals surface area contributed by atoms with Gasteiger partial charge in [0.2, 0.25) is 16.7 Å². The monoisotopic (exact) mass is 308 g/mol. The molecule has 0 aliphatic carbocycles. The van der Waals surface area contributed by atoms with E-state index in [1.54, 1.807) is 0 Å². The zero-order chi connectivity index (χ0) is 15.4. The van der Waals surface area contributed by atoms with Gasteiger partial charge in [-0.05, 0) is 6.42 Å². The van der Waals surface area contributed by atoms with Gasteiger partial charge in [0.25, 0.3) is 0 Å². The van der Waals surface area contributed by atoms with Gasteiger partial charge in [0.1, 0.15) is 13.1 Å². The molecule has 0 fully saturated rings. The Morgan fingerprint density at radius 2 is 1.85 bits per heavy atom. The van der Waals surface area contributed by atoms with Crippen molar-refractivity contribution in [3.05, 3.63) is 0 Å². The van der Waals surface area contributed by atoms with Gasteiger partial charge in [-0.1, -0.05) is 39.0 Å². The first-order chi connectivity index (χ1) is 9.35. The van der Waals surface area contributed by atoms with Crippen molar-refractivity contribution >= 4 is 16.7 Å². The first-order valence-electron chi connectivity index (χ1n) is 7.21. The average molecular weight is 308 g/mol. The molecule has 1 heterocycles. The van der Waals surface area contributed by atoms with Gasteiger partial charge in [-0.3, -0.25) is 13.7 Å². The number of hydrogen-bond acceptors (Lipinski definition) is 5. The fraction of sp³-hybridized carbons (Fsp3) is 0.923. The fourth-order valence-electron chi connectivity index (χ4n) is 1.81. The van der Waals surface area contributed by atoms with E-state index in [4.69, 9.17) is 0 Å². The summed E-state index contributed by atoms with van der Waals surface area (Å²) >= 11 is 0. The van der Waals surface area contributed by atoms with E-state index in [1.165, 1.54) is 32.4 Å². The zero-order valence-corrected chi connectivity index (χ0v) is 13.7. The van der Waals surface area contributed by atoms with E-state index >= 15 is 0 Å². The van der Waals surface area contributed by atoms with E-state index in [1.807, 2.05) is 0 Å². The van der Waals surface area contributed by atoms with Crippen LogP contribution in [0.3, 0.4) is 0 Å². The number of likely N-dealkylation sites (N-methyl/N-ethyl adjacent to an activating group) is 2. The molecule has 0 N–H and O–H groups in total. The maximum absolute atomic E-state index is 9.99. The number of rotatable bonds is 8. The maximum Gasteiger partial charge on any atom is 0.233 e. The first-order valence-corrected chi connectivity index (χ1v) is 8.54. The quantitative estimate of drug-likeness (QED) is 0.293. The van der Waals surface area contributed by atoms with E-state index in [-0.39, 0.29) is 6.61 Å². The van der Waals surface area contributed by atoms with Crippen LogP contribution in [-0.4, -0.2) is 62.6 Å². The summed E-state index contributed by atoms with van der Waals surface area (Å²) in [5.74, 6) is 0. The van der Waals surface area contributed by atoms with Crippen LogP contribution in [0, 0.1) is 0 Å². The highest BCUT2D eigenvalue weighted by Crippen LogP contribution is 2.05. The Labute approximate surface area is 123 Å². The van der Waals surface area contributed by atoms with Crippen LogP contribution in [0.1, 0.15) is 45.4 Å². The lowest BCUT2D eigenvalue weighted by molar-refractivity contribution is -0.482. The molecule has 20 heavy (non-hydrogen) atoms. The van der Waals surface area contributed by atoms with Crippen molar-refractivity contribution in [2.24, 2.45) is 0 Å². The maximum atomic E-state index is 9.99. The molecule has 0 bridgehead atoms. The summed E-state index contributed by atoms with van der Waals surface area (Å²) in [5, 5.41) is 0. The number of unbranched alkanes of at least 4 members (excludes halogenated alkanes) is 5. The van der Waals surface area contributed by atoms with E-state index in [0.29, 0.717) is 6.42 Å². The second-order valence-electron chi connectivity index (χ2n) is 5.07. The van der Waals surface area contributed by atoms with Crippen LogP contribution >= 0.6 is 0 Å². The molecule has 0 aromatic rings. The van der Waals surface area contributed by atoms with Crippen molar-refractivity contribution in [2.45, 2.75) is 45.4 Å². The Balaban J connectivity index is 0.000000428. The SMILES string of the molecule is CCCCCCCCOS(=O)(=O)[O-].CN1C=[N+](C)CC1. The standard InChI is InChI=1S/C8H18O4S.C5H11N2/c1-2-3-4-5-6-7-8-12-13(9,10)11;1-6-3-4-7(2)5-6/h2-8H2,1H3,(H,9,10,11);5H,3-4H2,1-2H3/q;+1/p-1. The lowest BCUT2D eigenvalue weighted by atomic mass is 10.1. The van der Waals surface area contributed by atoms with Crippen LogP contribution in [0.15, 0.2) is 0 Å². The van der Waals surface area contributed by atoms with E-state index < -0.39 is 10.4 Å². The van der Waals surface area contributed by atoms with Crippen molar-refractivity contribution in [3.8, 4) is 0 Å². The smallest absolute Gasteiger partial charge is 0.233 e. The van der Waals surface area contributed by atoms with Crippen LogP contribution in [0.25, 0.3) is 0 Å². The number of nitrogens with zero attached hydrogens (tertiary/aromatic N) is 2. The first kappa shape index (κ1) is 19.3.